The van der Waals surface area contributed by atoms with E-state index >= 15 is 0 Å². The van der Waals surface area contributed by atoms with Crippen LogP contribution in [0.15, 0.2) is 4.99 Å². The highest BCUT2D eigenvalue weighted by atomic mass is 32.2. The van der Waals surface area contributed by atoms with Gasteiger partial charge in [0, 0.05) is 32.6 Å². The SMILES string of the molecule is CN=C(NCCS(=O)(=O)NCC1CCC1)NC1CCc2nc(C)nn2C1. The number of sulfonamides is 1. The van der Waals surface area contributed by atoms with Gasteiger partial charge in [0.1, 0.15) is 11.6 Å². The number of aryl methyl sites for hydroxylation is 2. The fourth-order valence-corrected chi connectivity index (χ4v) is 4.26. The molecular weight excluding hydrogens is 354 g/mol. The first kappa shape index (κ1) is 19.1. The van der Waals surface area contributed by atoms with E-state index in [2.05, 4.69) is 30.4 Å². The Kier molecular flexibility index (Phi) is 6.13. The van der Waals surface area contributed by atoms with Gasteiger partial charge in [0.05, 0.1) is 12.3 Å². The van der Waals surface area contributed by atoms with Gasteiger partial charge in [-0.15, -0.1) is 0 Å². The van der Waals surface area contributed by atoms with Gasteiger partial charge in [-0.3, -0.25) is 4.99 Å². The van der Waals surface area contributed by atoms with Gasteiger partial charge in [-0.1, -0.05) is 6.42 Å². The monoisotopic (exact) mass is 383 g/mol. The lowest BCUT2D eigenvalue weighted by atomic mass is 9.86. The van der Waals surface area contributed by atoms with Gasteiger partial charge in [0.25, 0.3) is 0 Å². The highest BCUT2D eigenvalue weighted by Crippen LogP contribution is 2.25. The zero-order valence-electron chi connectivity index (χ0n) is 15.5. The molecule has 1 atom stereocenters. The molecule has 0 radical (unpaired) electrons. The molecule has 1 aromatic heterocycles. The van der Waals surface area contributed by atoms with E-state index in [4.69, 9.17) is 0 Å². The summed E-state index contributed by atoms with van der Waals surface area (Å²) in [6.07, 6.45) is 5.29. The molecule has 1 aliphatic heterocycles. The largest absolute Gasteiger partial charge is 0.355 e. The molecule has 3 rings (SSSR count). The maximum absolute atomic E-state index is 12.0. The van der Waals surface area contributed by atoms with Crippen LogP contribution in [0.4, 0.5) is 0 Å². The maximum atomic E-state index is 12.0. The van der Waals surface area contributed by atoms with E-state index in [0.29, 0.717) is 25.0 Å². The van der Waals surface area contributed by atoms with Crippen molar-refractivity contribution >= 4 is 16.0 Å². The van der Waals surface area contributed by atoms with Crippen LogP contribution in [0.25, 0.3) is 0 Å². The van der Waals surface area contributed by atoms with Gasteiger partial charge in [0.2, 0.25) is 10.0 Å². The molecule has 1 saturated carbocycles. The predicted molar refractivity (Wildman–Crippen MR) is 100 cm³/mol. The quantitative estimate of drug-likeness (QED) is 0.443. The Labute approximate surface area is 155 Å². The second-order valence-corrected chi connectivity index (χ2v) is 9.03. The lowest BCUT2D eigenvalue weighted by Crippen LogP contribution is -2.48. The molecule has 9 nitrogen and oxygen atoms in total. The van der Waals surface area contributed by atoms with E-state index in [1.807, 2.05) is 11.6 Å². The molecule has 146 valence electrons. The van der Waals surface area contributed by atoms with Crippen LogP contribution in [-0.2, 0) is 23.0 Å². The van der Waals surface area contributed by atoms with Crippen molar-refractivity contribution in [2.75, 3.05) is 25.9 Å². The first-order valence-corrected chi connectivity index (χ1v) is 11.0. The summed E-state index contributed by atoms with van der Waals surface area (Å²) in [5, 5.41) is 10.8. The van der Waals surface area contributed by atoms with Crippen LogP contribution in [-0.4, -0.2) is 61.1 Å². The second kappa shape index (κ2) is 8.34. The summed E-state index contributed by atoms with van der Waals surface area (Å²) in [6.45, 7) is 3.52. The molecule has 1 aliphatic carbocycles. The van der Waals surface area contributed by atoms with E-state index in [-0.39, 0.29) is 11.8 Å². The third-order valence-corrected chi connectivity index (χ3v) is 6.36. The number of aliphatic imine (C=N–C) groups is 1. The Morgan fingerprint density at radius 3 is 2.85 bits per heavy atom. The van der Waals surface area contributed by atoms with E-state index in [9.17, 15) is 8.42 Å². The number of guanidine groups is 1. The Bertz CT molecular complexity index is 740. The molecule has 3 N–H and O–H groups in total. The topological polar surface area (TPSA) is 113 Å². The summed E-state index contributed by atoms with van der Waals surface area (Å²) in [4.78, 5) is 8.60. The molecule has 0 saturated heterocycles. The summed E-state index contributed by atoms with van der Waals surface area (Å²) < 4.78 is 28.7. The van der Waals surface area contributed by atoms with Crippen LogP contribution in [0, 0.1) is 12.8 Å². The maximum Gasteiger partial charge on any atom is 0.213 e. The van der Waals surface area contributed by atoms with Gasteiger partial charge in [0.15, 0.2) is 5.96 Å². The lowest BCUT2D eigenvalue weighted by Gasteiger charge is -2.26. The van der Waals surface area contributed by atoms with Crippen LogP contribution in [0.3, 0.4) is 0 Å². The average molecular weight is 384 g/mol. The van der Waals surface area contributed by atoms with Crippen LogP contribution in [0.5, 0.6) is 0 Å². The standard InChI is InChI=1S/C16H29N7O2S/c1-12-20-15-7-6-14(11-23(15)22-12)21-16(17-2)18-8-9-26(24,25)19-10-13-4-3-5-13/h13-14,19H,3-11H2,1-2H3,(H2,17,18,21). The molecule has 2 heterocycles. The minimum Gasteiger partial charge on any atom is -0.355 e. The Balaban J connectivity index is 1.40. The zero-order chi connectivity index (χ0) is 18.6. The summed E-state index contributed by atoms with van der Waals surface area (Å²) in [6, 6.07) is 0.197. The Morgan fingerprint density at radius 2 is 2.15 bits per heavy atom. The smallest absolute Gasteiger partial charge is 0.213 e. The zero-order valence-corrected chi connectivity index (χ0v) is 16.3. The molecule has 0 amide bonds. The van der Waals surface area contributed by atoms with Crippen molar-refractivity contribution in [2.45, 2.75) is 51.6 Å². The summed E-state index contributed by atoms with van der Waals surface area (Å²) >= 11 is 0. The van der Waals surface area contributed by atoms with Gasteiger partial charge >= 0.3 is 0 Å². The van der Waals surface area contributed by atoms with Gasteiger partial charge in [-0.25, -0.2) is 22.8 Å². The minimum absolute atomic E-state index is 0.0392. The number of fused-ring (bicyclic) bond motifs is 1. The number of hydrogen-bond acceptors (Lipinski definition) is 5. The van der Waals surface area contributed by atoms with E-state index in [0.717, 1.165) is 43.9 Å². The van der Waals surface area contributed by atoms with E-state index < -0.39 is 10.0 Å². The number of nitrogens with zero attached hydrogens (tertiary/aromatic N) is 4. The van der Waals surface area contributed by atoms with Crippen LogP contribution >= 0.6 is 0 Å². The van der Waals surface area contributed by atoms with Crippen molar-refractivity contribution in [1.82, 2.24) is 30.1 Å². The molecule has 26 heavy (non-hydrogen) atoms. The first-order valence-electron chi connectivity index (χ1n) is 9.30. The van der Waals surface area contributed by atoms with Crippen molar-refractivity contribution < 1.29 is 8.42 Å². The first-order chi connectivity index (χ1) is 12.4. The number of rotatable bonds is 7. The highest BCUT2D eigenvalue weighted by Gasteiger charge is 2.22. The fourth-order valence-electron chi connectivity index (χ4n) is 3.26. The number of aromatic nitrogens is 3. The molecule has 1 aromatic rings. The average Bonchev–Trinajstić information content (AvgIpc) is 2.91. The molecule has 0 spiro atoms. The molecule has 1 fully saturated rings. The molecule has 0 bridgehead atoms. The molecular formula is C16H29N7O2S. The molecule has 0 aromatic carbocycles. The second-order valence-electron chi connectivity index (χ2n) is 7.10. The van der Waals surface area contributed by atoms with Gasteiger partial charge in [-0.05, 0) is 32.1 Å². The minimum atomic E-state index is -3.24. The van der Waals surface area contributed by atoms with Gasteiger partial charge < -0.3 is 10.6 Å². The molecule has 10 heteroatoms. The molecule has 1 unspecified atom stereocenters. The van der Waals surface area contributed by atoms with E-state index in [1.54, 1.807) is 7.05 Å². The van der Waals surface area contributed by atoms with Gasteiger partial charge in [-0.2, -0.15) is 5.10 Å². The lowest BCUT2D eigenvalue weighted by molar-refractivity contribution is 0.316. The third-order valence-electron chi connectivity index (χ3n) is 5.01. The van der Waals surface area contributed by atoms with Crippen LogP contribution in [0.2, 0.25) is 0 Å². The fraction of sp³-hybridized carbons (Fsp3) is 0.812. The van der Waals surface area contributed by atoms with Crippen LogP contribution < -0.4 is 15.4 Å². The van der Waals surface area contributed by atoms with E-state index in [1.165, 1.54) is 6.42 Å². The van der Waals surface area contributed by atoms with Crippen molar-refractivity contribution in [3.63, 3.8) is 0 Å². The summed E-state index contributed by atoms with van der Waals surface area (Å²) in [5.41, 5.74) is 0. The summed E-state index contributed by atoms with van der Waals surface area (Å²) in [5.74, 6) is 2.99. The van der Waals surface area contributed by atoms with Crippen molar-refractivity contribution in [2.24, 2.45) is 10.9 Å². The Morgan fingerprint density at radius 1 is 1.35 bits per heavy atom. The Hall–Kier alpha value is -1.68. The van der Waals surface area contributed by atoms with Crippen molar-refractivity contribution in [3.8, 4) is 0 Å². The number of nitrogens with one attached hydrogen (secondary N) is 3. The molecule has 2 aliphatic rings. The predicted octanol–water partition coefficient (Wildman–Crippen LogP) is -0.214. The third kappa shape index (κ3) is 5.16. The van der Waals surface area contributed by atoms with Crippen molar-refractivity contribution in [1.29, 1.82) is 0 Å². The summed E-state index contributed by atoms with van der Waals surface area (Å²) in [7, 11) is -1.56. The normalized spacial score (nSPS) is 21.2. The van der Waals surface area contributed by atoms with Crippen molar-refractivity contribution in [3.05, 3.63) is 11.6 Å². The highest BCUT2D eigenvalue weighted by molar-refractivity contribution is 7.89. The number of hydrogen-bond donors (Lipinski definition) is 3. The van der Waals surface area contributed by atoms with Crippen LogP contribution in [0.1, 0.15) is 37.3 Å².